The van der Waals surface area contributed by atoms with Gasteiger partial charge in [-0.3, -0.25) is 0 Å². The molecule has 0 rings (SSSR count). The largest absolute Gasteiger partial charge is 0.400 e. The molecule has 0 fully saturated rings. The lowest BCUT2D eigenvalue weighted by Gasteiger charge is -2.40. The maximum Gasteiger partial charge on any atom is 0.400 e. The van der Waals surface area contributed by atoms with Gasteiger partial charge in [0.15, 0.2) is 0 Å². The summed E-state index contributed by atoms with van der Waals surface area (Å²) in [5.41, 5.74) is 0. The zero-order valence-corrected chi connectivity index (χ0v) is 11.2. The predicted molar refractivity (Wildman–Crippen MR) is 52.5 cm³/mol. The second-order valence-electron chi connectivity index (χ2n) is 4.69. The highest BCUT2D eigenvalue weighted by molar-refractivity contribution is 5.09. The van der Waals surface area contributed by atoms with Crippen LogP contribution in [0.5, 0.6) is 0 Å². The van der Waals surface area contributed by atoms with Gasteiger partial charge >= 0.3 is 35.7 Å². The van der Waals surface area contributed by atoms with Crippen molar-refractivity contribution in [2.24, 2.45) is 0 Å². The minimum atomic E-state index is -7.56. The molecular weight excluding hydrogens is 361 g/mol. The molecule has 0 aliphatic heterocycles. The van der Waals surface area contributed by atoms with E-state index in [0.717, 1.165) is 6.92 Å². The maximum atomic E-state index is 13.1. The number of alkyl halides is 11. The van der Waals surface area contributed by atoms with Crippen molar-refractivity contribution in [2.45, 2.75) is 61.8 Å². The minimum Gasteiger partial charge on any atom is -0.335 e. The summed E-state index contributed by atoms with van der Waals surface area (Å²) in [6, 6.07) is -6.37. The van der Waals surface area contributed by atoms with Gasteiger partial charge in [-0.15, -0.1) is 0 Å². The number of hydrogen-bond donors (Lipinski definition) is 2. The Labute approximate surface area is 121 Å². The van der Waals surface area contributed by atoms with Gasteiger partial charge in [-0.05, 0) is 6.42 Å². The molecule has 0 aromatic rings. The number of unbranched alkanes of at least 4 members (excludes halogenated alkanes) is 1. The fourth-order valence-corrected chi connectivity index (χ4v) is 1.38. The van der Waals surface area contributed by atoms with Gasteiger partial charge in [-0.25, -0.2) is 0 Å². The second-order valence-corrected chi connectivity index (χ2v) is 4.69. The highest BCUT2D eigenvalue weighted by Gasteiger charge is 2.89. The van der Waals surface area contributed by atoms with Crippen LogP contribution in [0.15, 0.2) is 0 Å². The van der Waals surface area contributed by atoms with E-state index >= 15 is 0 Å². The fourth-order valence-electron chi connectivity index (χ4n) is 1.38. The first-order valence-corrected chi connectivity index (χ1v) is 5.84. The molecule has 0 atom stereocenters. The molecule has 0 bridgehead atoms. The van der Waals surface area contributed by atoms with Crippen molar-refractivity contribution in [3.05, 3.63) is 0 Å². The van der Waals surface area contributed by atoms with Gasteiger partial charge in [-0.2, -0.15) is 48.3 Å². The number of hydrogen-bond acceptors (Lipinski definition) is 2. The monoisotopic (exact) mass is 372 g/mol. The molecule has 0 aromatic heterocycles. The smallest absolute Gasteiger partial charge is 0.335 e. The molecule has 0 spiro atoms. The van der Waals surface area contributed by atoms with Crippen molar-refractivity contribution in [3.8, 4) is 0 Å². The van der Waals surface area contributed by atoms with Gasteiger partial charge in [0.1, 0.15) is 0 Å². The van der Waals surface area contributed by atoms with E-state index in [0.29, 0.717) is 0 Å². The van der Waals surface area contributed by atoms with Crippen molar-refractivity contribution in [3.63, 3.8) is 0 Å². The third-order valence-corrected chi connectivity index (χ3v) is 2.89. The summed E-state index contributed by atoms with van der Waals surface area (Å²) >= 11 is 0. The van der Waals surface area contributed by atoms with Crippen LogP contribution in [0.3, 0.4) is 0 Å². The Morgan fingerprint density at radius 2 is 0.957 bits per heavy atom. The Balaban J connectivity index is 6.03. The van der Waals surface area contributed by atoms with Gasteiger partial charge in [0.25, 0.3) is 0 Å². The average molecular weight is 372 g/mol. The lowest BCUT2D eigenvalue weighted by Crippen LogP contribution is -2.71. The molecular formula is C10H11F11O2. The third-order valence-electron chi connectivity index (χ3n) is 2.89. The Bertz CT molecular complexity index is 414. The van der Waals surface area contributed by atoms with Gasteiger partial charge < -0.3 is 10.2 Å². The first kappa shape index (κ1) is 22.1. The van der Waals surface area contributed by atoms with E-state index in [2.05, 4.69) is 0 Å². The summed E-state index contributed by atoms with van der Waals surface area (Å²) in [5, 5.41) is 15.5. The zero-order valence-electron chi connectivity index (χ0n) is 11.2. The van der Waals surface area contributed by atoms with Crippen LogP contribution >= 0.6 is 0 Å². The summed E-state index contributed by atoms with van der Waals surface area (Å²) in [6.45, 7) is 1.16. The van der Waals surface area contributed by atoms with E-state index in [9.17, 15) is 48.3 Å². The summed E-state index contributed by atoms with van der Waals surface area (Å²) in [6.07, 6.45) is -3.13. The molecule has 0 amide bonds. The maximum absolute atomic E-state index is 13.1. The molecule has 2 N–H and O–H groups in total. The molecule has 140 valence electrons. The lowest BCUT2D eigenvalue weighted by atomic mass is 9.91. The van der Waals surface area contributed by atoms with Crippen LogP contribution in [0.25, 0.3) is 0 Å². The molecule has 0 heterocycles. The van der Waals surface area contributed by atoms with Crippen LogP contribution in [-0.4, -0.2) is 45.9 Å². The SMILES string of the molecule is CCCCC(F)(F)C(F)(F)C(F)(F)C(F)(F)C(F)(F)C(O)(O)F. The van der Waals surface area contributed by atoms with Gasteiger partial charge in [0.2, 0.25) is 0 Å². The van der Waals surface area contributed by atoms with E-state index in [1.165, 1.54) is 0 Å². The van der Waals surface area contributed by atoms with Crippen LogP contribution in [0.1, 0.15) is 26.2 Å². The van der Waals surface area contributed by atoms with E-state index < -0.39 is 48.5 Å². The first-order chi connectivity index (χ1) is 9.81. The summed E-state index contributed by atoms with van der Waals surface area (Å²) in [7, 11) is 0. The van der Waals surface area contributed by atoms with Gasteiger partial charge in [-0.1, -0.05) is 13.3 Å². The zero-order chi connectivity index (χ0) is 19.1. The molecule has 13 heteroatoms. The Morgan fingerprint density at radius 3 is 1.26 bits per heavy atom. The molecule has 0 aliphatic carbocycles. The summed E-state index contributed by atoms with van der Waals surface area (Å²) in [4.78, 5) is 0. The summed E-state index contributed by atoms with van der Waals surface area (Å²) in [5.74, 6) is -35.2. The number of aliphatic hydroxyl groups is 2. The van der Waals surface area contributed by atoms with Crippen molar-refractivity contribution in [2.75, 3.05) is 0 Å². The number of halogens is 11. The van der Waals surface area contributed by atoms with Crippen molar-refractivity contribution in [1.29, 1.82) is 0 Å². The average Bonchev–Trinajstić information content (AvgIpc) is 2.34. The molecule has 2 nitrogen and oxygen atoms in total. The van der Waals surface area contributed by atoms with Gasteiger partial charge in [0, 0.05) is 6.42 Å². The lowest BCUT2D eigenvalue weighted by molar-refractivity contribution is -0.466. The standard InChI is InChI=1S/C10H11F11O2/c1-2-3-4-5(11,12)6(13,14)7(15,16)8(17,18)9(19,20)10(21,22)23/h22-23H,2-4H2,1H3. The van der Waals surface area contributed by atoms with E-state index in [4.69, 9.17) is 10.2 Å². The topological polar surface area (TPSA) is 40.5 Å². The summed E-state index contributed by atoms with van der Waals surface area (Å²) < 4.78 is 142. The van der Waals surface area contributed by atoms with Crippen LogP contribution in [-0.2, 0) is 0 Å². The van der Waals surface area contributed by atoms with Crippen LogP contribution in [0, 0.1) is 0 Å². The molecule has 0 saturated heterocycles. The van der Waals surface area contributed by atoms with E-state index in [-0.39, 0.29) is 6.42 Å². The second kappa shape index (κ2) is 5.90. The molecule has 23 heavy (non-hydrogen) atoms. The van der Waals surface area contributed by atoms with Crippen LogP contribution in [0.2, 0.25) is 0 Å². The molecule has 0 unspecified atom stereocenters. The van der Waals surface area contributed by atoms with Crippen molar-refractivity contribution < 1.29 is 58.5 Å². The Hall–Kier alpha value is -0.850. The molecule has 0 aromatic carbocycles. The van der Waals surface area contributed by atoms with Crippen LogP contribution in [0.4, 0.5) is 48.3 Å². The third kappa shape index (κ3) is 3.21. The Kier molecular flexibility index (Phi) is 5.68. The van der Waals surface area contributed by atoms with Gasteiger partial charge in [0.05, 0.1) is 0 Å². The first-order valence-electron chi connectivity index (χ1n) is 5.84. The fraction of sp³-hybridized carbons (Fsp3) is 1.00. The Morgan fingerprint density at radius 1 is 0.609 bits per heavy atom. The molecule has 0 saturated carbocycles. The molecule has 0 radical (unpaired) electrons. The quantitative estimate of drug-likeness (QED) is 0.500. The highest BCUT2D eigenvalue weighted by Crippen LogP contribution is 2.59. The van der Waals surface area contributed by atoms with E-state index in [1.807, 2.05) is 0 Å². The normalized spacial score (nSPS) is 15.9. The van der Waals surface area contributed by atoms with Crippen LogP contribution < -0.4 is 0 Å². The number of rotatable bonds is 8. The van der Waals surface area contributed by atoms with E-state index in [1.54, 1.807) is 0 Å². The minimum absolute atomic E-state index is 0.245. The predicted octanol–water partition coefficient (Wildman–Crippen LogP) is 3.96. The van der Waals surface area contributed by atoms with Crippen molar-refractivity contribution >= 4 is 0 Å². The molecule has 0 aliphatic rings. The van der Waals surface area contributed by atoms with Crippen molar-refractivity contribution in [1.82, 2.24) is 0 Å². The highest BCUT2D eigenvalue weighted by atomic mass is 19.4.